The van der Waals surface area contributed by atoms with E-state index in [1.807, 2.05) is 13.8 Å². The molecule has 1 aromatic rings. The quantitative estimate of drug-likeness (QED) is 0.220. The molecule has 0 saturated carbocycles. The highest BCUT2D eigenvalue weighted by atomic mass is 16.6. The van der Waals surface area contributed by atoms with Crippen molar-refractivity contribution in [2.45, 2.75) is 59.3 Å². The number of nitro groups is 1. The molecule has 0 bridgehead atoms. The van der Waals surface area contributed by atoms with Gasteiger partial charge >= 0.3 is 11.9 Å². The fourth-order valence-corrected chi connectivity index (χ4v) is 3.69. The van der Waals surface area contributed by atoms with Crippen molar-refractivity contribution in [3.05, 3.63) is 62.5 Å². The second-order valence-electron chi connectivity index (χ2n) is 7.79. The maximum Gasteiger partial charge on any atom is 0.336 e. The van der Waals surface area contributed by atoms with Gasteiger partial charge in [-0.1, -0.05) is 44.9 Å². The summed E-state index contributed by atoms with van der Waals surface area (Å²) in [6, 6.07) is 6.17. The van der Waals surface area contributed by atoms with Crippen molar-refractivity contribution in [2.75, 3.05) is 20.3 Å². The first-order valence-corrected chi connectivity index (χ1v) is 11.0. The topological polar surface area (TPSA) is 99.0 Å². The molecule has 0 saturated heterocycles. The molecule has 0 unspecified atom stereocenters. The molecule has 8 nitrogen and oxygen atoms in total. The van der Waals surface area contributed by atoms with Crippen molar-refractivity contribution in [1.82, 2.24) is 4.90 Å². The number of nitro benzene ring substituents is 1. The minimum atomic E-state index is -0.962. The summed E-state index contributed by atoms with van der Waals surface area (Å²) in [5.74, 6) is -2.13. The first kappa shape index (κ1) is 25.1. The predicted octanol–water partition coefficient (Wildman–Crippen LogP) is 4.86. The van der Waals surface area contributed by atoms with Gasteiger partial charge in [-0.3, -0.25) is 10.1 Å². The Kier molecular flexibility index (Phi) is 8.99. The average molecular weight is 445 g/mol. The largest absolute Gasteiger partial charge is 0.462 e. The Labute approximate surface area is 189 Å². The van der Waals surface area contributed by atoms with Crippen LogP contribution in [0.25, 0.3) is 0 Å². The Hall–Kier alpha value is -3.16. The van der Waals surface area contributed by atoms with E-state index in [0.717, 1.165) is 12.8 Å². The van der Waals surface area contributed by atoms with Gasteiger partial charge in [-0.25, -0.2) is 9.59 Å². The Bertz CT molecular complexity index is 888. The van der Waals surface area contributed by atoms with E-state index in [1.54, 1.807) is 44.0 Å². The van der Waals surface area contributed by atoms with Crippen molar-refractivity contribution in [3.8, 4) is 0 Å². The number of para-hydroxylation sites is 1. The lowest BCUT2D eigenvalue weighted by molar-refractivity contribution is -0.385. The van der Waals surface area contributed by atoms with Crippen molar-refractivity contribution in [1.29, 1.82) is 0 Å². The van der Waals surface area contributed by atoms with Crippen LogP contribution in [0.3, 0.4) is 0 Å². The summed E-state index contributed by atoms with van der Waals surface area (Å²) in [6.45, 7) is 7.94. The third kappa shape index (κ3) is 5.36. The lowest BCUT2D eigenvalue weighted by Gasteiger charge is -2.35. The van der Waals surface area contributed by atoms with E-state index in [0.29, 0.717) is 24.2 Å². The smallest absolute Gasteiger partial charge is 0.336 e. The molecule has 0 N–H and O–H groups in total. The third-order valence-corrected chi connectivity index (χ3v) is 5.71. The summed E-state index contributed by atoms with van der Waals surface area (Å²) < 4.78 is 11.0. The van der Waals surface area contributed by atoms with Crippen molar-refractivity contribution >= 4 is 17.6 Å². The van der Waals surface area contributed by atoms with Gasteiger partial charge in [0.05, 0.1) is 35.2 Å². The Morgan fingerprint density at radius 3 is 1.88 bits per heavy atom. The number of rotatable bonds is 10. The van der Waals surface area contributed by atoms with E-state index in [2.05, 4.69) is 0 Å². The number of ether oxygens (including phenoxy) is 2. The van der Waals surface area contributed by atoms with Crippen LogP contribution in [-0.2, 0) is 19.1 Å². The summed E-state index contributed by atoms with van der Waals surface area (Å²) in [4.78, 5) is 39.4. The average Bonchev–Trinajstić information content (AvgIpc) is 2.77. The van der Waals surface area contributed by atoms with Crippen molar-refractivity contribution < 1.29 is 24.0 Å². The number of hydrogen-bond donors (Lipinski definition) is 0. The highest BCUT2D eigenvalue weighted by molar-refractivity contribution is 6.00. The van der Waals surface area contributed by atoms with Gasteiger partial charge in [-0.15, -0.1) is 0 Å². The van der Waals surface area contributed by atoms with E-state index in [4.69, 9.17) is 9.47 Å². The molecule has 174 valence electrons. The molecular formula is C24H32N2O6. The minimum absolute atomic E-state index is 0.166. The molecule has 1 heterocycles. The van der Waals surface area contributed by atoms with Gasteiger partial charge in [0.15, 0.2) is 0 Å². The zero-order valence-corrected chi connectivity index (χ0v) is 19.5. The van der Waals surface area contributed by atoms with E-state index in [1.165, 1.54) is 6.07 Å². The highest BCUT2D eigenvalue weighted by Gasteiger charge is 2.42. The molecule has 0 spiro atoms. The molecule has 0 aliphatic carbocycles. The van der Waals surface area contributed by atoms with Crippen LogP contribution in [0.1, 0.15) is 64.9 Å². The molecular weight excluding hydrogens is 412 g/mol. The Balaban J connectivity index is 2.67. The highest BCUT2D eigenvalue weighted by Crippen LogP contribution is 2.44. The summed E-state index contributed by atoms with van der Waals surface area (Å²) in [7, 11) is 1.75. The number of nitrogens with zero attached hydrogens (tertiary/aromatic N) is 2. The van der Waals surface area contributed by atoms with E-state index >= 15 is 0 Å². The fraction of sp³-hybridized carbons (Fsp3) is 0.500. The molecule has 0 atom stereocenters. The number of esters is 2. The van der Waals surface area contributed by atoms with Crippen LogP contribution in [0, 0.1) is 10.1 Å². The molecule has 0 fully saturated rings. The number of carbonyl (C=O) groups is 2. The molecule has 1 aromatic carbocycles. The number of hydrogen-bond acceptors (Lipinski definition) is 7. The molecule has 32 heavy (non-hydrogen) atoms. The van der Waals surface area contributed by atoms with E-state index < -0.39 is 22.8 Å². The first-order valence-electron chi connectivity index (χ1n) is 11.0. The van der Waals surface area contributed by atoms with Crippen molar-refractivity contribution in [3.63, 3.8) is 0 Å². The Morgan fingerprint density at radius 1 is 0.969 bits per heavy atom. The third-order valence-electron chi connectivity index (χ3n) is 5.71. The summed E-state index contributed by atoms with van der Waals surface area (Å²) in [5, 5.41) is 11.8. The molecule has 0 amide bonds. The van der Waals surface area contributed by atoms with Crippen LogP contribution in [0.4, 0.5) is 5.69 Å². The fourth-order valence-electron chi connectivity index (χ4n) is 3.69. The summed E-state index contributed by atoms with van der Waals surface area (Å²) in [6.07, 6.45) is 3.11. The molecule has 8 heteroatoms. The van der Waals surface area contributed by atoms with E-state index in [9.17, 15) is 19.7 Å². The monoisotopic (exact) mass is 444 g/mol. The van der Waals surface area contributed by atoms with Gasteiger partial charge in [-0.05, 0) is 26.7 Å². The normalized spacial score (nSPS) is 14.6. The number of allylic oxidation sites excluding steroid dienone is 2. The molecule has 2 rings (SSSR count). The SMILES string of the molecule is CCCCOC(=O)C1=C(C)N(C)C(C)=C(C(=O)OCCCC)C1c1ccccc1[N+](=O)[O-]. The zero-order chi connectivity index (χ0) is 23.8. The molecule has 1 aliphatic rings. The van der Waals surface area contributed by atoms with Crippen LogP contribution >= 0.6 is 0 Å². The van der Waals surface area contributed by atoms with Gasteiger partial charge in [0.2, 0.25) is 0 Å². The second-order valence-corrected chi connectivity index (χ2v) is 7.79. The number of benzene rings is 1. The molecule has 0 aromatic heterocycles. The minimum Gasteiger partial charge on any atom is -0.462 e. The number of carbonyl (C=O) groups excluding carboxylic acids is 2. The van der Waals surface area contributed by atoms with Crippen LogP contribution in [0.15, 0.2) is 46.8 Å². The van der Waals surface area contributed by atoms with Gasteiger partial charge in [0.1, 0.15) is 0 Å². The van der Waals surface area contributed by atoms with Gasteiger partial charge in [0.25, 0.3) is 5.69 Å². The van der Waals surface area contributed by atoms with Gasteiger partial charge in [0, 0.05) is 30.1 Å². The van der Waals surface area contributed by atoms with Crippen LogP contribution in [-0.4, -0.2) is 42.0 Å². The summed E-state index contributed by atoms with van der Waals surface area (Å²) in [5.41, 5.74) is 1.68. The zero-order valence-electron chi connectivity index (χ0n) is 19.5. The molecule has 1 aliphatic heterocycles. The van der Waals surface area contributed by atoms with Gasteiger partial charge in [-0.2, -0.15) is 0 Å². The molecule has 0 radical (unpaired) electrons. The first-order chi connectivity index (χ1) is 15.3. The predicted molar refractivity (Wildman–Crippen MR) is 121 cm³/mol. The lowest BCUT2D eigenvalue weighted by atomic mass is 9.79. The van der Waals surface area contributed by atoms with Crippen molar-refractivity contribution in [2.24, 2.45) is 0 Å². The van der Waals surface area contributed by atoms with Crippen LogP contribution in [0.5, 0.6) is 0 Å². The second kappa shape index (κ2) is 11.5. The van der Waals surface area contributed by atoms with Crippen LogP contribution < -0.4 is 0 Å². The van der Waals surface area contributed by atoms with E-state index in [-0.39, 0.29) is 35.6 Å². The Morgan fingerprint density at radius 2 is 1.44 bits per heavy atom. The maximum absolute atomic E-state index is 13.2. The van der Waals surface area contributed by atoms with Crippen LogP contribution in [0.2, 0.25) is 0 Å². The summed E-state index contributed by atoms with van der Waals surface area (Å²) >= 11 is 0. The lowest BCUT2D eigenvalue weighted by Crippen LogP contribution is -2.34. The number of unbranched alkanes of at least 4 members (excludes halogenated alkanes) is 2. The standard InChI is InChI=1S/C24H32N2O6/c1-6-8-14-31-23(27)20-16(3)25(5)17(4)21(24(28)32-15-9-7-2)22(20)18-12-10-11-13-19(18)26(29)30/h10-13,22H,6-9,14-15H2,1-5H3. The maximum atomic E-state index is 13.2. The van der Waals surface area contributed by atoms with Gasteiger partial charge < -0.3 is 14.4 Å².